The summed E-state index contributed by atoms with van der Waals surface area (Å²) in [5, 5.41) is 9.52. The number of ether oxygens (including phenoxy) is 1. The van der Waals surface area contributed by atoms with Gasteiger partial charge in [-0.05, 0) is 55.0 Å². The van der Waals surface area contributed by atoms with Crippen molar-refractivity contribution in [2.24, 2.45) is 11.6 Å². The molecule has 4 rings (SSSR count). The van der Waals surface area contributed by atoms with E-state index < -0.39 is 18.9 Å². The van der Waals surface area contributed by atoms with Gasteiger partial charge in [-0.3, -0.25) is 10.5 Å². The van der Waals surface area contributed by atoms with Crippen LogP contribution in [-0.2, 0) is 18.0 Å². The summed E-state index contributed by atoms with van der Waals surface area (Å²) in [5.74, 6) is 4.33. The van der Waals surface area contributed by atoms with Crippen LogP contribution in [0, 0.1) is 6.92 Å². The van der Waals surface area contributed by atoms with Crippen LogP contribution in [0.25, 0.3) is 11.0 Å². The Hall–Kier alpha value is -4.28. The second-order valence-electron chi connectivity index (χ2n) is 7.89. The maximum atomic E-state index is 13.5. The van der Waals surface area contributed by atoms with Crippen LogP contribution in [0.5, 0.6) is 11.5 Å². The van der Waals surface area contributed by atoms with E-state index in [1.807, 2.05) is 10.6 Å². The van der Waals surface area contributed by atoms with Crippen molar-refractivity contribution in [1.29, 1.82) is 0 Å². The van der Waals surface area contributed by atoms with Gasteiger partial charge < -0.3 is 19.2 Å². The standard InChI is InChI=1S/C25H23FN4O5/c1-14-21(22(31)17-5-7-18(35-28)8-6-17)20-10-16(11-26)12-29-24(20)30(14)13-15-3-2-4-19(9-15)34-23(27)25(32)33/h2-10,12,23H,11,13,27-28H2,1H3,(H,32,33)/t23-/m1/s1. The van der Waals surface area contributed by atoms with Gasteiger partial charge in [-0.2, -0.15) is 5.90 Å². The minimum atomic E-state index is -1.50. The third-order valence-corrected chi connectivity index (χ3v) is 5.59. The Labute approximate surface area is 199 Å². The lowest BCUT2D eigenvalue weighted by Crippen LogP contribution is -2.35. The van der Waals surface area contributed by atoms with Crippen LogP contribution in [0.1, 0.15) is 32.7 Å². The number of carbonyl (C=O) groups is 2. The monoisotopic (exact) mass is 478 g/mol. The highest BCUT2D eigenvalue weighted by molar-refractivity contribution is 6.17. The molecule has 0 radical (unpaired) electrons. The molecular formula is C25H23FN4O5. The third-order valence-electron chi connectivity index (χ3n) is 5.59. The largest absolute Gasteiger partial charge is 0.477 e. The first kappa shape index (κ1) is 23.9. The van der Waals surface area contributed by atoms with Crippen LogP contribution in [-0.4, -0.2) is 32.6 Å². The molecule has 0 bridgehead atoms. The minimum Gasteiger partial charge on any atom is -0.477 e. The molecule has 5 N–H and O–H groups in total. The van der Waals surface area contributed by atoms with Crippen molar-refractivity contribution in [3.63, 3.8) is 0 Å². The number of ketones is 1. The number of benzene rings is 2. The normalized spacial score (nSPS) is 11.9. The molecule has 0 amide bonds. The number of carbonyl (C=O) groups excluding carboxylic acids is 1. The molecule has 0 unspecified atom stereocenters. The number of carboxylic acid groups (broad SMARTS) is 1. The topological polar surface area (TPSA) is 143 Å². The molecule has 2 aromatic carbocycles. The van der Waals surface area contributed by atoms with Gasteiger partial charge in [-0.15, -0.1) is 0 Å². The smallest absolute Gasteiger partial charge is 0.360 e. The molecule has 180 valence electrons. The molecule has 0 saturated carbocycles. The van der Waals surface area contributed by atoms with Crippen LogP contribution >= 0.6 is 0 Å². The van der Waals surface area contributed by atoms with Gasteiger partial charge in [-0.25, -0.2) is 14.2 Å². The number of nitrogens with two attached hydrogens (primary N) is 2. The van der Waals surface area contributed by atoms with Crippen LogP contribution in [0.3, 0.4) is 0 Å². The zero-order valence-electron chi connectivity index (χ0n) is 18.8. The summed E-state index contributed by atoms with van der Waals surface area (Å²) in [5.41, 5.74) is 8.56. The van der Waals surface area contributed by atoms with E-state index >= 15 is 0 Å². The molecule has 10 heteroatoms. The van der Waals surface area contributed by atoms with E-state index in [-0.39, 0.29) is 11.5 Å². The average molecular weight is 478 g/mol. The van der Waals surface area contributed by atoms with Crippen molar-refractivity contribution in [2.45, 2.75) is 26.4 Å². The number of pyridine rings is 1. The molecule has 0 spiro atoms. The first-order valence-electron chi connectivity index (χ1n) is 10.6. The summed E-state index contributed by atoms with van der Waals surface area (Å²) in [4.78, 5) is 33.6. The number of alkyl halides is 1. The maximum absolute atomic E-state index is 13.5. The van der Waals surface area contributed by atoms with Crippen LogP contribution < -0.4 is 21.2 Å². The number of hydrogen-bond donors (Lipinski definition) is 3. The van der Waals surface area contributed by atoms with E-state index in [9.17, 15) is 14.0 Å². The Morgan fingerprint density at radius 1 is 1.11 bits per heavy atom. The average Bonchev–Trinajstić information content (AvgIpc) is 3.14. The molecule has 0 saturated heterocycles. The molecule has 0 aliphatic heterocycles. The molecule has 0 aliphatic carbocycles. The van der Waals surface area contributed by atoms with Crippen molar-refractivity contribution in [3.05, 3.63) is 88.7 Å². The second kappa shape index (κ2) is 9.92. The van der Waals surface area contributed by atoms with E-state index in [1.165, 1.54) is 6.20 Å². The fraction of sp³-hybridized carbons (Fsp3) is 0.160. The van der Waals surface area contributed by atoms with Gasteiger partial charge in [-0.1, -0.05) is 12.1 Å². The first-order chi connectivity index (χ1) is 16.8. The lowest BCUT2D eigenvalue weighted by atomic mass is 10.0. The van der Waals surface area contributed by atoms with Gasteiger partial charge in [0.15, 0.2) is 5.78 Å². The lowest BCUT2D eigenvalue weighted by Gasteiger charge is -2.13. The number of carboxylic acids is 1. The van der Waals surface area contributed by atoms with Crippen LogP contribution in [0.2, 0.25) is 0 Å². The summed E-state index contributed by atoms with van der Waals surface area (Å²) in [6.07, 6.45) is -0.0637. The number of halogens is 1. The molecule has 0 fully saturated rings. The van der Waals surface area contributed by atoms with E-state index in [1.54, 1.807) is 55.5 Å². The molecule has 2 heterocycles. The van der Waals surface area contributed by atoms with Crippen molar-refractivity contribution in [2.75, 3.05) is 0 Å². The lowest BCUT2D eigenvalue weighted by molar-refractivity contribution is -0.144. The molecule has 9 nitrogen and oxygen atoms in total. The highest BCUT2D eigenvalue weighted by atomic mass is 19.1. The van der Waals surface area contributed by atoms with Crippen molar-refractivity contribution >= 4 is 22.8 Å². The van der Waals surface area contributed by atoms with Gasteiger partial charge in [0.2, 0.25) is 6.23 Å². The number of nitrogens with zero attached hydrogens (tertiary/aromatic N) is 2. The van der Waals surface area contributed by atoms with Gasteiger partial charge in [0.25, 0.3) is 0 Å². The van der Waals surface area contributed by atoms with Gasteiger partial charge >= 0.3 is 5.97 Å². The Morgan fingerprint density at radius 3 is 2.51 bits per heavy atom. The second-order valence-corrected chi connectivity index (χ2v) is 7.89. The van der Waals surface area contributed by atoms with Crippen molar-refractivity contribution in [3.8, 4) is 11.5 Å². The van der Waals surface area contributed by atoms with E-state index in [0.29, 0.717) is 45.7 Å². The minimum absolute atomic E-state index is 0.253. The fourth-order valence-corrected chi connectivity index (χ4v) is 3.87. The Bertz CT molecular complexity index is 1400. The molecule has 1 atom stereocenters. The predicted molar refractivity (Wildman–Crippen MR) is 126 cm³/mol. The Balaban J connectivity index is 1.77. The zero-order valence-corrected chi connectivity index (χ0v) is 18.8. The van der Waals surface area contributed by atoms with Crippen molar-refractivity contribution < 1.29 is 28.7 Å². The zero-order chi connectivity index (χ0) is 25.1. The van der Waals surface area contributed by atoms with Gasteiger partial charge in [0.1, 0.15) is 23.8 Å². The highest BCUT2D eigenvalue weighted by Gasteiger charge is 2.23. The van der Waals surface area contributed by atoms with Crippen LogP contribution in [0.4, 0.5) is 4.39 Å². The van der Waals surface area contributed by atoms with E-state index in [4.69, 9.17) is 21.5 Å². The highest BCUT2D eigenvalue weighted by Crippen LogP contribution is 2.30. The summed E-state index contributed by atoms with van der Waals surface area (Å²) in [6.45, 7) is 1.38. The molecular weight excluding hydrogens is 455 g/mol. The SMILES string of the molecule is Cc1c(C(=O)c2ccc(ON)cc2)c2cc(CF)cnc2n1Cc1cccc(O[C@@H](N)C(=O)O)c1. The van der Waals surface area contributed by atoms with Gasteiger partial charge in [0, 0.05) is 34.9 Å². The van der Waals surface area contributed by atoms with E-state index in [0.717, 1.165) is 5.56 Å². The summed E-state index contributed by atoms with van der Waals surface area (Å²) in [7, 11) is 0. The maximum Gasteiger partial charge on any atom is 0.360 e. The number of hydrogen-bond acceptors (Lipinski definition) is 7. The van der Waals surface area contributed by atoms with E-state index in [2.05, 4.69) is 9.82 Å². The first-order valence-corrected chi connectivity index (χ1v) is 10.6. The quantitative estimate of drug-likeness (QED) is 0.189. The molecule has 4 aromatic rings. The number of fused-ring (bicyclic) bond motifs is 1. The third kappa shape index (κ3) is 4.84. The predicted octanol–water partition coefficient (Wildman–Crippen LogP) is 3.09. The fourth-order valence-electron chi connectivity index (χ4n) is 3.87. The van der Waals surface area contributed by atoms with Crippen LogP contribution in [0.15, 0.2) is 60.8 Å². The summed E-state index contributed by atoms with van der Waals surface area (Å²) in [6, 6.07) is 14.8. The number of aliphatic carboxylic acids is 1. The summed E-state index contributed by atoms with van der Waals surface area (Å²) < 4.78 is 20.5. The molecule has 35 heavy (non-hydrogen) atoms. The number of rotatable bonds is 9. The van der Waals surface area contributed by atoms with Crippen molar-refractivity contribution in [1.82, 2.24) is 9.55 Å². The summed E-state index contributed by atoms with van der Waals surface area (Å²) >= 11 is 0. The van der Waals surface area contributed by atoms with Gasteiger partial charge in [0.05, 0.1) is 5.56 Å². The Morgan fingerprint density at radius 2 is 1.86 bits per heavy atom. The number of aromatic nitrogens is 2. The Kier molecular flexibility index (Phi) is 6.76. The molecule has 2 aromatic heterocycles. The molecule has 0 aliphatic rings.